The highest BCUT2D eigenvalue weighted by molar-refractivity contribution is 8.27. The first-order chi connectivity index (χ1) is 12.9. The van der Waals surface area contributed by atoms with Crippen molar-refractivity contribution in [3.05, 3.63) is 52.9 Å². The molecule has 1 amide bonds. The average Bonchev–Trinajstić information content (AvgIpc) is 2.94. The van der Waals surface area contributed by atoms with Crippen LogP contribution in [0, 0.1) is 0 Å². The van der Waals surface area contributed by atoms with Crippen LogP contribution in [-0.4, -0.2) is 38.5 Å². The summed E-state index contributed by atoms with van der Waals surface area (Å²) in [5, 5.41) is 0. The second-order valence-corrected chi connectivity index (χ2v) is 7.72. The Bertz CT molecular complexity index is 908. The van der Waals surface area contributed by atoms with E-state index in [1.165, 1.54) is 11.8 Å². The van der Waals surface area contributed by atoms with Crippen molar-refractivity contribution in [2.75, 3.05) is 38.1 Å². The molecule has 0 saturated carbocycles. The van der Waals surface area contributed by atoms with Gasteiger partial charge < -0.3 is 14.4 Å². The SMILES string of the molecule is COc1ccc(/C=C2\SC(=S)N(c3ccc(N(C)C)cc3)C2=O)cc1OC. The molecule has 0 aromatic heterocycles. The third kappa shape index (κ3) is 3.94. The van der Waals surface area contributed by atoms with Crippen LogP contribution in [-0.2, 0) is 4.79 Å². The van der Waals surface area contributed by atoms with Crippen molar-refractivity contribution < 1.29 is 14.3 Å². The minimum atomic E-state index is -0.127. The van der Waals surface area contributed by atoms with Gasteiger partial charge in [0.1, 0.15) is 0 Å². The lowest BCUT2D eigenvalue weighted by atomic mass is 10.2. The molecule has 27 heavy (non-hydrogen) atoms. The fourth-order valence-corrected chi connectivity index (χ4v) is 3.98. The van der Waals surface area contributed by atoms with Gasteiger partial charge in [-0.05, 0) is 48.0 Å². The Morgan fingerprint density at radius 2 is 1.70 bits per heavy atom. The zero-order valence-electron chi connectivity index (χ0n) is 15.6. The summed E-state index contributed by atoms with van der Waals surface area (Å²) in [6, 6.07) is 13.2. The number of hydrogen-bond donors (Lipinski definition) is 0. The number of hydrogen-bond acceptors (Lipinski definition) is 6. The zero-order chi connectivity index (χ0) is 19.6. The van der Waals surface area contributed by atoms with Crippen LogP contribution in [0.25, 0.3) is 6.08 Å². The van der Waals surface area contributed by atoms with Gasteiger partial charge in [0.2, 0.25) is 0 Å². The van der Waals surface area contributed by atoms with Crippen LogP contribution >= 0.6 is 24.0 Å². The number of rotatable bonds is 5. The quantitative estimate of drug-likeness (QED) is 0.554. The molecule has 0 atom stereocenters. The molecule has 0 bridgehead atoms. The van der Waals surface area contributed by atoms with Gasteiger partial charge in [-0.3, -0.25) is 9.69 Å². The number of benzene rings is 2. The fraction of sp³-hybridized carbons (Fsp3) is 0.200. The molecule has 1 fully saturated rings. The minimum Gasteiger partial charge on any atom is -0.493 e. The van der Waals surface area contributed by atoms with Gasteiger partial charge in [0.25, 0.3) is 5.91 Å². The number of amides is 1. The molecular weight excluding hydrogens is 380 g/mol. The lowest BCUT2D eigenvalue weighted by molar-refractivity contribution is -0.113. The topological polar surface area (TPSA) is 42.0 Å². The lowest BCUT2D eigenvalue weighted by Crippen LogP contribution is -2.27. The van der Waals surface area contributed by atoms with E-state index in [1.54, 1.807) is 19.1 Å². The molecule has 0 aliphatic carbocycles. The Hall–Kier alpha value is -2.51. The molecule has 140 valence electrons. The van der Waals surface area contributed by atoms with E-state index < -0.39 is 0 Å². The van der Waals surface area contributed by atoms with Crippen LogP contribution in [0.4, 0.5) is 11.4 Å². The van der Waals surface area contributed by atoms with E-state index in [2.05, 4.69) is 0 Å². The molecule has 0 spiro atoms. The van der Waals surface area contributed by atoms with Crippen molar-refractivity contribution in [1.82, 2.24) is 0 Å². The van der Waals surface area contributed by atoms with Crippen LogP contribution in [0.5, 0.6) is 11.5 Å². The molecule has 3 rings (SSSR count). The second kappa shape index (κ2) is 8.02. The number of thioether (sulfide) groups is 1. The Morgan fingerprint density at radius 3 is 2.30 bits per heavy atom. The third-order valence-electron chi connectivity index (χ3n) is 4.12. The first-order valence-electron chi connectivity index (χ1n) is 8.22. The number of methoxy groups -OCH3 is 2. The maximum Gasteiger partial charge on any atom is 0.270 e. The van der Waals surface area contributed by atoms with Crippen molar-refractivity contribution in [2.45, 2.75) is 0 Å². The minimum absolute atomic E-state index is 0.127. The molecule has 0 N–H and O–H groups in total. The zero-order valence-corrected chi connectivity index (χ0v) is 17.2. The second-order valence-electron chi connectivity index (χ2n) is 6.04. The van der Waals surface area contributed by atoms with Crippen molar-refractivity contribution in [1.29, 1.82) is 0 Å². The van der Waals surface area contributed by atoms with E-state index in [1.807, 2.05) is 67.5 Å². The van der Waals surface area contributed by atoms with Gasteiger partial charge >= 0.3 is 0 Å². The predicted molar refractivity (Wildman–Crippen MR) is 116 cm³/mol. The van der Waals surface area contributed by atoms with E-state index in [0.29, 0.717) is 20.7 Å². The number of anilines is 2. The molecule has 1 aliphatic heterocycles. The molecule has 2 aromatic rings. The van der Waals surface area contributed by atoms with Gasteiger partial charge in [0.15, 0.2) is 15.8 Å². The number of nitrogens with zero attached hydrogens (tertiary/aromatic N) is 2. The van der Waals surface area contributed by atoms with Gasteiger partial charge in [-0.25, -0.2) is 0 Å². The molecule has 5 nitrogen and oxygen atoms in total. The summed E-state index contributed by atoms with van der Waals surface area (Å²) in [7, 11) is 7.11. The Kier molecular flexibility index (Phi) is 5.72. The van der Waals surface area contributed by atoms with Crippen LogP contribution < -0.4 is 19.3 Å². The highest BCUT2D eigenvalue weighted by Gasteiger charge is 2.33. The van der Waals surface area contributed by atoms with Crippen molar-refractivity contribution in [3.63, 3.8) is 0 Å². The van der Waals surface area contributed by atoms with Crippen LogP contribution in [0.2, 0.25) is 0 Å². The summed E-state index contributed by atoms with van der Waals surface area (Å²) in [6.45, 7) is 0. The maximum atomic E-state index is 12.9. The van der Waals surface area contributed by atoms with Crippen molar-refractivity contribution >= 4 is 51.7 Å². The summed E-state index contributed by atoms with van der Waals surface area (Å²) in [5.74, 6) is 1.13. The van der Waals surface area contributed by atoms with E-state index in [0.717, 1.165) is 16.9 Å². The molecule has 0 unspecified atom stereocenters. The molecule has 1 aliphatic rings. The van der Waals surface area contributed by atoms with E-state index in [4.69, 9.17) is 21.7 Å². The number of ether oxygens (including phenoxy) is 2. The van der Waals surface area contributed by atoms with Crippen molar-refractivity contribution in [2.24, 2.45) is 0 Å². The standard InChI is InChI=1S/C20H20N2O3S2/c1-21(2)14-6-8-15(9-7-14)22-19(23)18(27-20(22)26)12-13-5-10-16(24-3)17(11-13)25-4/h5-12H,1-4H3/b18-12-. The van der Waals surface area contributed by atoms with Gasteiger partial charge in [-0.1, -0.05) is 30.0 Å². The summed E-state index contributed by atoms with van der Waals surface area (Å²) >= 11 is 6.73. The monoisotopic (exact) mass is 400 g/mol. The first kappa shape index (κ1) is 19.3. The highest BCUT2D eigenvalue weighted by Crippen LogP contribution is 2.37. The molecule has 1 saturated heterocycles. The smallest absolute Gasteiger partial charge is 0.270 e. The van der Waals surface area contributed by atoms with E-state index in [9.17, 15) is 4.79 Å². The fourth-order valence-electron chi connectivity index (χ4n) is 2.68. The largest absolute Gasteiger partial charge is 0.493 e. The first-order valence-corrected chi connectivity index (χ1v) is 9.44. The molecule has 1 heterocycles. The highest BCUT2D eigenvalue weighted by atomic mass is 32.2. The number of carbonyl (C=O) groups excluding carboxylic acids is 1. The van der Waals surface area contributed by atoms with Crippen LogP contribution in [0.3, 0.4) is 0 Å². The molecule has 2 aromatic carbocycles. The summed E-state index contributed by atoms with van der Waals surface area (Å²) in [4.78, 5) is 17.0. The molecule has 7 heteroatoms. The van der Waals surface area contributed by atoms with Gasteiger partial charge in [-0.15, -0.1) is 0 Å². The van der Waals surface area contributed by atoms with Crippen LogP contribution in [0.1, 0.15) is 5.56 Å². The Balaban J connectivity index is 1.88. The van der Waals surface area contributed by atoms with Crippen LogP contribution in [0.15, 0.2) is 47.4 Å². The lowest BCUT2D eigenvalue weighted by Gasteiger charge is -2.17. The Labute approximate surface area is 168 Å². The molecular formula is C20H20N2O3S2. The summed E-state index contributed by atoms with van der Waals surface area (Å²) in [5.41, 5.74) is 2.67. The normalized spacial score (nSPS) is 15.4. The number of carbonyl (C=O) groups is 1. The third-order valence-corrected chi connectivity index (χ3v) is 5.43. The van der Waals surface area contributed by atoms with Gasteiger partial charge in [0, 0.05) is 19.8 Å². The van der Waals surface area contributed by atoms with E-state index >= 15 is 0 Å². The average molecular weight is 401 g/mol. The van der Waals surface area contributed by atoms with Crippen molar-refractivity contribution in [3.8, 4) is 11.5 Å². The number of thiocarbonyl (C=S) groups is 1. The predicted octanol–water partition coefficient (Wildman–Crippen LogP) is 4.18. The maximum absolute atomic E-state index is 12.9. The van der Waals surface area contributed by atoms with E-state index in [-0.39, 0.29) is 5.91 Å². The summed E-state index contributed by atoms with van der Waals surface area (Å²) < 4.78 is 11.1. The Morgan fingerprint density at radius 1 is 1.04 bits per heavy atom. The summed E-state index contributed by atoms with van der Waals surface area (Å²) in [6.07, 6.45) is 1.81. The molecule has 0 radical (unpaired) electrons. The van der Waals surface area contributed by atoms with Gasteiger partial charge in [-0.2, -0.15) is 0 Å². The van der Waals surface area contributed by atoms with Gasteiger partial charge in [0.05, 0.1) is 24.8 Å².